The van der Waals surface area contributed by atoms with Crippen LogP contribution in [0.3, 0.4) is 0 Å². The number of nitrogens with zero attached hydrogens (tertiary/aromatic N) is 1. The highest BCUT2D eigenvalue weighted by atomic mass is 16.6. The van der Waals surface area contributed by atoms with Gasteiger partial charge in [0.2, 0.25) is 11.8 Å². The first-order chi connectivity index (χ1) is 9.56. The van der Waals surface area contributed by atoms with E-state index < -0.39 is 36.1 Å². The Morgan fingerprint density at radius 3 is 2.75 bits per heavy atom. The fraction of sp³-hybridized carbons (Fsp3) is 0.643. The molecule has 0 spiro atoms. The molecule has 2 saturated heterocycles. The molecule has 2 heterocycles. The van der Waals surface area contributed by atoms with Crippen LogP contribution in [0.25, 0.3) is 0 Å². The molecule has 0 aromatic carbocycles. The van der Waals surface area contributed by atoms with Gasteiger partial charge in [0.25, 0.3) is 0 Å². The molecule has 0 radical (unpaired) electrons. The summed E-state index contributed by atoms with van der Waals surface area (Å²) in [5.41, 5.74) is 0.483. The van der Waals surface area contributed by atoms with Gasteiger partial charge in [-0.15, -0.1) is 0 Å². The van der Waals surface area contributed by atoms with Crippen LogP contribution in [0.1, 0.15) is 13.3 Å². The van der Waals surface area contributed by atoms with E-state index in [-0.39, 0.29) is 17.6 Å². The molecule has 2 aliphatic carbocycles. The average molecular weight is 277 g/mol. The van der Waals surface area contributed by atoms with Gasteiger partial charge >= 0.3 is 0 Å². The van der Waals surface area contributed by atoms with Gasteiger partial charge in [0.1, 0.15) is 12.2 Å². The number of carbonyl (C=O) groups is 3. The van der Waals surface area contributed by atoms with Crippen molar-refractivity contribution in [3.63, 3.8) is 0 Å². The zero-order chi connectivity index (χ0) is 14.2. The Morgan fingerprint density at radius 2 is 2.05 bits per heavy atom. The maximum absolute atomic E-state index is 12.4. The highest BCUT2D eigenvalue weighted by Gasteiger charge is 2.64. The normalized spacial score (nSPS) is 45.8. The van der Waals surface area contributed by atoms with E-state index in [9.17, 15) is 19.5 Å². The van der Waals surface area contributed by atoms with E-state index in [1.165, 1.54) is 4.90 Å². The molecule has 1 N–H and O–H groups in total. The zero-order valence-corrected chi connectivity index (χ0v) is 11.0. The number of hydrogen-bond acceptors (Lipinski definition) is 5. The SMILES string of the molecule is CCN1C(=O)[C@H]2[C@@H]3C(=CC[C@H]2C1=O)C(=O)[C@H]1O[C@H]1[C@H]3O. The molecular formula is C14H15NO5. The number of rotatable bonds is 1. The summed E-state index contributed by atoms with van der Waals surface area (Å²) in [5, 5.41) is 10.3. The second kappa shape index (κ2) is 3.77. The number of fused-ring (bicyclic) bond motifs is 4. The first kappa shape index (κ1) is 12.2. The zero-order valence-electron chi connectivity index (χ0n) is 11.0. The van der Waals surface area contributed by atoms with Gasteiger partial charge < -0.3 is 9.84 Å². The lowest BCUT2D eigenvalue weighted by Gasteiger charge is -2.35. The predicted octanol–water partition coefficient (Wildman–Crippen LogP) is -0.735. The Balaban J connectivity index is 1.77. The number of ether oxygens (including phenoxy) is 1. The van der Waals surface area contributed by atoms with Crippen LogP contribution in [-0.4, -0.2) is 52.5 Å². The molecule has 2 amide bonds. The van der Waals surface area contributed by atoms with Crippen molar-refractivity contribution in [2.45, 2.75) is 31.7 Å². The Morgan fingerprint density at radius 1 is 1.30 bits per heavy atom. The number of amides is 2. The van der Waals surface area contributed by atoms with Crippen LogP contribution in [-0.2, 0) is 19.1 Å². The molecule has 106 valence electrons. The van der Waals surface area contributed by atoms with Crippen molar-refractivity contribution < 1.29 is 24.2 Å². The molecule has 2 aliphatic heterocycles. The summed E-state index contributed by atoms with van der Waals surface area (Å²) < 4.78 is 5.21. The van der Waals surface area contributed by atoms with Crippen molar-refractivity contribution in [1.82, 2.24) is 4.90 Å². The average Bonchev–Trinajstić information content (AvgIpc) is 3.20. The summed E-state index contributed by atoms with van der Waals surface area (Å²) in [4.78, 5) is 38.0. The van der Waals surface area contributed by atoms with Crippen molar-refractivity contribution in [3.05, 3.63) is 11.6 Å². The predicted molar refractivity (Wildman–Crippen MR) is 65.2 cm³/mol. The molecule has 0 aromatic rings. The van der Waals surface area contributed by atoms with Crippen LogP contribution in [0.2, 0.25) is 0 Å². The standard InChI is InChI=1S/C14H15NO5/c1-2-15-13(18)6-4-3-5-7(8(6)14(15)19)10(17)12-11(20-12)9(5)16/h3,6-8,10-12,17H,2,4H2,1H3/t6-,7+,8-,10+,11-,12+/m1/s1. The maximum atomic E-state index is 12.4. The molecule has 0 bridgehead atoms. The van der Waals surface area contributed by atoms with Crippen LogP contribution in [0.4, 0.5) is 0 Å². The summed E-state index contributed by atoms with van der Waals surface area (Å²) in [6, 6.07) is 0. The first-order valence-electron chi connectivity index (χ1n) is 6.99. The highest BCUT2D eigenvalue weighted by Crippen LogP contribution is 2.50. The van der Waals surface area contributed by atoms with Crippen molar-refractivity contribution in [2.24, 2.45) is 17.8 Å². The molecule has 0 unspecified atom stereocenters. The number of ketones is 1. The second-order valence-electron chi connectivity index (χ2n) is 5.85. The van der Waals surface area contributed by atoms with Crippen molar-refractivity contribution in [3.8, 4) is 0 Å². The van der Waals surface area contributed by atoms with Gasteiger partial charge in [-0.2, -0.15) is 0 Å². The minimum absolute atomic E-state index is 0.126. The Kier molecular flexibility index (Phi) is 2.30. The Hall–Kier alpha value is -1.53. The maximum Gasteiger partial charge on any atom is 0.233 e. The van der Waals surface area contributed by atoms with Gasteiger partial charge in [-0.25, -0.2) is 0 Å². The third-order valence-corrected chi connectivity index (χ3v) is 4.99. The van der Waals surface area contributed by atoms with Crippen LogP contribution >= 0.6 is 0 Å². The Bertz CT molecular complexity index is 568. The molecule has 4 aliphatic rings. The van der Waals surface area contributed by atoms with Crippen LogP contribution < -0.4 is 0 Å². The number of aliphatic hydroxyl groups excluding tert-OH is 1. The monoisotopic (exact) mass is 277 g/mol. The molecular weight excluding hydrogens is 262 g/mol. The molecule has 20 heavy (non-hydrogen) atoms. The fourth-order valence-electron chi connectivity index (χ4n) is 3.99. The van der Waals surface area contributed by atoms with E-state index in [0.29, 0.717) is 18.5 Å². The van der Waals surface area contributed by atoms with E-state index >= 15 is 0 Å². The lowest BCUT2D eigenvalue weighted by Crippen LogP contribution is -2.47. The number of Topliss-reactive ketones (excluding diaryl/α,β-unsaturated/α-hetero) is 1. The fourth-order valence-corrected chi connectivity index (χ4v) is 3.99. The molecule has 1 saturated carbocycles. The highest BCUT2D eigenvalue weighted by molar-refractivity contribution is 6.09. The first-order valence-corrected chi connectivity index (χ1v) is 6.99. The van der Waals surface area contributed by atoms with Crippen LogP contribution in [0, 0.1) is 17.8 Å². The molecule has 6 nitrogen and oxygen atoms in total. The second-order valence-corrected chi connectivity index (χ2v) is 5.85. The number of allylic oxidation sites excluding steroid dienone is 1. The number of epoxide rings is 1. The van der Waals surface area contributed by atoms with E-state index in [2.05, 4.69) is 0 Å². The number of likely N-dealkylation sites (tertiary alicyclic amines) is 1. The third-order valence-electron chi connectivity index (χ3n) is 4.99. The molecule has 6 atom stereocenters. The summed E-state index contributed by atoms with van der Waals surface area (Å²) in [6.45, 7) is 2.09. The molecule has 4 rings (SSSR count). The minimum atomic E-state index is -0.870. The van der Waals surface area contributed by atoms with Gasteiger partial charge in [0, 0.05) is 18.0 Å². The summed E-state index contributed by atoms with van der Waals surface area (Å²) in [5.74, 6) is -2.20. The summed E-state index contributed by atoms with van der Waals surface area (Å²) in [6.07, 6.45) is 0.207. The minimum Gasteiger partial charge on any atom is -0.390 e. The van der Waals surface area contributed by atoms with Gasteiger partial charge in [0.15, 0.2) is 5.78 Å². The van der Waals surface area contributed by atoms with Crippen molar-refractivity contribution in [2.75, 3.05) is 6.54 Å². The molecule has 0 aromatic heterocycles. The quantitative estimate of drug-likeness (QED) is 0.504. The lowest BCUT2D eigenvalue weighted by molar-refractivity contribution is -0.140. The van der Waals surface area contributed by atoms with Gasteiger partial charge in [-0.05, 0) is 13.3 Å². The summed E-state index contributed by atoms with van der Waals surface area (Å²) in [7, 11) is 0. The Labute approximate surface area is 115 Å². The smallest absolute Gasteiger partial charge is 0.233 e. The number of imide groups is 1. The largest absolute Gasteiger partial charge is 0.390 e. The topological polar surface area (TPSA) is 87.2 Å². The number of aliphatic hydroxyl groups is 1. The van der Waals surface area contributed by atoms with Gasteiger partial charge in [-0.3, -0.25) is 19.3 Å². The third kappa shape index (κ3) is 1.28. The van der Waals surface area contributed by atoms with E-state index in [4.69, 9.17) is 4.74 Å². The van der Waals surface area contributed by atoms with E-state index in [1.54, 1.807) is 13.0 Å². The van der Waals surface area contributed by atoms with Gasteiger partial charge in [0.05, 0.1) is 17.9 Å². The summed E-state index contributed by atoms with van der Waals surface area (Å²) >= 11 is 0. The molecule has 3 fully saturated rings. The van der Waals surface area contributed by atoms with Gasteiger partial charge in [-0.1, -0.05) is 6.08 Å². The van der Waals surface area contributed by atoms with E-state index in [1.807, 2.05) is 0 Å². The lowest BCUT2D eigenvalue weighted by atomic mass is 9.66. The van der Waals surface area contributed by atoms with Crippen LogP contribution in [0.15, 0.2) is 11.6 Å². The van der Waals surface area contributed by atoms with E-state index in [0.717, 1.165) is 0 Å². The van der Waals surface area contributed by atoms with Crippen LogP contribution in [0.5, 0.6) is 0 Å². The molecule has 6 heteroatoms. The number of hydrogen-bond donors (Lipinski definition) is 1. The van der Waals surface area contributed by atoms with Crippen molar-refractivity contribution >= 4 is 17.6 Å². The number of carbonyl (C=O) groups excluding carboxylic acids is 3. The van der Waals surface area contributed by atoms with Crippen molar-refractivity contribution in [1.29, 1.82) is 0 Å².